The lowest BCUT2D eigenvalue weighted by Crippen LogP contribution is -2.50. The summed E-state index contributed by atoms with van der Waals surface area (Å²) in [6.07, 6.45) is 9.89. The second-order valence-corrected chi connectivity index (χ2v) is 4.95. The van der Waals surface area contributed by atoms with Gasteiger partial charge in [-0.1, -0.05) is 19.3 Å². The Kier molecular flexibility index (Phi) is 3.82. The van der Waals surface area contributed by atoms with Crippen molar-refractivity contribution in [1.82, 2.24) is 10.2 Å². The first kappa shape index (κ1) is 10.4. The van der Waals surface area contributed by atoms with Crippen molar-refractivity contribution < 1.29 is 0 Å². The second kappa shape index (κ2) is 5.13. The zero-order chi connectivity index (χ0) is 9.80. The predicted octanol–water partition coefficient (Wildman–Crippen LogP) is 2.00. The average Bonchev–Trinajstić information content (AvgIpc) is 2.47. The molecule has 14 heavy (non-hydrogen) atoms. The van der Waals surface area contributed by atoms with Gasteiger partial charge in [-0.2, -0.15) is 0 Å². The van der Waals surface area contributed by atoms with E-state index in [0.29, 0.717) is 0 Å². The van der Waals surface area contributed by atoms with Crippen LogP contribution in [0.4, 0.5) is 0 Å². The molecule has 2 aliphatic heterocycles. The maximum absolute atomic E-state index is 3.74. The van der Waals surface area contributed by atoms with Gasteiger partial charge in [-0.05, 0) is 45.8 Å². The van der Waals surface area contributed by atoms with Gasteiger partial charge >= 0.3 is 0 Å². The number of rotatable bonds is 1. The second-order valence-electron chi connectivity index (χ2n) is 4.95. The van der Waals surface area contributed by atoms with E-state index in [1.54, 1.807) is 0 Å². The van der Waals surface area contributed by atoms with Crippen molar-refractivity contribution >= 4 is 0 Å². The number of hydrogen-bond acceptors (Lipinski definition) is 2. The highest BCUT2D eigenvalue weighted by atomic mass is 15.2. The fourth-order valence-electron chi connectivity index (χ4n) is 2.99. The monoisotopic (exact) mass is 196 g/mol. The van der Waals surface area contributed by atoms with E-state index in [4.69, 9.17) is 0 Å². The van der Waals surface area contributed by atoms with Crippen LogP contribution in [0.25, 0.3) is 0 Å². The molecule has 0 unspecified atom stereocenters. The molecule has 82 valence electrons. The van der Waals surface area contributed by atoms with Crippen LogP contribution in [0.15, 0.2) is 0 Å². The summed E-state index contributed by atoms with van der Waals surface area (Å²) in [5.41, 5.74) is 0. The molecule has 2 rings (SSSR count). The summed E-state index contributed by atoms with van der Waals surface area (Å²) in [5, 5.41) is 3.74. The van der Waals surface area contributed by atoms with Gasteiger partial charge in [0.2, 0.25) is 0 Å². The molecule has 1 N–H and O–H groups in total. The largest absolute Gasteiger partial charge is 0.312 e. The summed E-state index contributed by atoms with van der Waals surface area (Å²) in [4.78, 5) is 2.58. The third-order valence-corrected chi connectivity index (χ3v) is 3.89. The van der Waals surface area contributed by atoms with Gasteiger partial charge in [0, 0.05) is 12.1 Å². The van der Waals surface area contributed by atoms with Gasteiger partial charge in [0.15, 0.2) is 0 Å². The minimum atomic E-state index is 0.780. The zero-order valence-electron chi connectivity index (χ0n) is 9.47. The van der Waals surface area contributed by atoms with Gasteiger partial charge in [-0.15, -0.1) is 0 Å². The van der Waals surface area contributed by atoms with Crippen molar-refractivity contribution in [3.63, 3.8) is 0 Å². The van der Waals surface area contributed by atoms with Crippen LogP contribution in [0.3, 0.4) is 0 Å². The van der Waals surface area contributed by atoms with Gasteiger partial charge in [-0.25, -0.2) is 0 Å². The molecule has 2 atom stereocenters. The summed E-state index contributed by atoms with van der Waals surface area (Å²) in [6, 6.07) is 1.60. The van der Waals surface area contributed by atoms with Gasteiger partial charge < -0.3 is 10.2 Å². The molecule has 2 nitrogen and oxygen atoms in total. The van der Waals surface area contributed by atoms with E-state index in [2.05, 4.69) is 17.3 Å². The Morgan fingerprint density at radius 2 is 1.86 bits per heavy atom. The fraction of sp³-hybridized carbons (Fsp3) is 1.00. The molecular weight excluding hydrogens is 172 g/mol. The van der Waals surface area contributed by atoms with Gasteiger partial charge in [-0.3, -0.25) is 0 Å². The van der Waals surface area contributed by atoms with Crippen LogP contribution < -0.4 is 5.32 Å². The van der Waals surface area contributed by atoms with Crippen molar-refractivity contribution in [2.45, 2.75) is 57.0 Å². The lowest BCUT2D eigenvalue weighted by Gasteiger charge is -2.38. The molecule has 0 aromatic rings. The van der Waals surface area contributed by atoms with Crippen LogP contribution in [0.5, 0.6) is 0 Å². The van der Waals surface area contributed by atoms with Crippen LogP contribution in [-0.4, -0.2) is 37.1 Å². The van der Waals surface area contributed by atoms with Crippen LogP contribution in [0.2, 0.25) is 0 Å². The smallest absolute Gasteiger partial charge is 0.0246 e. The Hall–Kier alpha value is -0.0800. The molecule has 0 aromatic heterocycles. The molecule has 2 aliphatic rings. The van der Waals surface area contributed by atoms with Crippen LogP contribution in [-0.2, 0) is 0 Å². The molecule has 0 bridgehead atoms. The van der Waals surface area contributed by atoms with Crippen molar-refractivity contribution in [3.8, 4) is 0 Å². The fourth-order valence-corrected chi connectivity index (χ4v) is 2.99. The van der Waals surface area contributed by atoms with E-state index in [0.717, 1.165) is 12.1 Å². The van der Waals surface area contributed by atoms with Gasteiger partial charge in [0.1, 0.15) is 0 Å². The number of piperidine rings is 1. The third-order valence-electron chi connectivity index (χ3n) is 3.89. The molecule has 0 spiro atoms. The average molecular weight is 196 g/mol. The van der Waals surface area contributed by atoms with Crippen LogP contribution in [0, 0.1) is 0 Å². The minimum absolute atomic E-state index is 0.780. The van der Waals surface area contributed by atoms with E-state index >= 15 is 0 Å². The molecule has 2 heterocycles. The quantitative estimate of drug-likeness (QED) is 0.690. The Bertz CT molecular complexity index is 162. The lowest BCUT2D eigenvalue weighted by molar-refractivity contribution is 0.142. The SMILES string of the molecule is CN1CCCC[C@@H]1[C@H]1CCCCCN1. The molecule has 2 saturated heterocycles. The molecule has 0 aromatic carbocycles. The molecule has 0 aliphatic carbocycles. The van der Waals surface area contributed by atoms with Crippen molar-refractivity contribution in [2.24, 2.45) is 0 Å². The molecular formula is C12H24N2. The van der Waals surface area contributed by atoms with E-state index in [1.165, 1.54) is 58.0 Å². The van der Waals surface area contributed by atoms with Crippen LogP contribution in [0.1, 0.15) is 44.9 Å². The highest BCUT2D eigenvalue weighted by Crippen LogP contribution is 2.22. The number of nitrogens with one attached hydrogen (secondary N) is 1. The first-order valence-corrected chi connectivity index (χ1v) is 6.31. The summed E-state index contributed by atoms with van der Waals surface area (Å²) in [6.45, 7) is 2.55. The number of nitrogens with zero attached hydrogens (tertiary/aromatic N) is 1. The Morgan fingerprint density at radius 1 is 1.00 bits per heavy atom. The summed E-state index contributed by atoms with van der Waals surface area (Å²) in [7, 11) is 2.30. The van der Waals surface area contributed by atoms with Gasteiger partial charge in [0.05, 0.1) is 0 Å². The molecule has 2 fully saturated rings. The van der Waals surface area contributed by atoms with Crippen LogP contribution >= 0.6 is 0 Å². The van der Waals surface area contributed by atoms with E-state index in [1.807, 2.05) is 0 Å². The first-order chi connectivity index (χ1) is 6.88. The van der Waals surface area contributed by atoms with E-state index < -0.39 is 0 Å². The summed E-state index contributed by atoms with van der Waals surface area (Å²) >= 11 is 0. The maximum atomic E-state index is 3.74. The molecule has 0 saturated carbocycles. The van der Waals surface area contributed by atoms with Crippen molar-refractivity contribution in [3.05, 3.63) is 0 Å². The highest BCUT2D eigenvalue weighted by molar-refractivity contribution is 4.87. The Balaban J connectivity index is 1.90. The minimum Gasteiger partial charge on any atom is -0.312 e. The zero-order valence-corrected chi connectivity index (χ0v) is 9.47. The highest BCUT2D eigenvalue weighted by Gasteiger charge is 2.27. The van der Waals surface area contributed by atoms with Crippen molar-refractivity contribution in [2.75, 3.05) is 20.1 Å². The van der Waals surface area contributed by atoms with Crippen molar-refractivity contribution in [1.29, 1.82) is 0 Å². The number of likely N-dealkylation sites (N-methyl/N-ethyl adjacent to an activating group) is 1. The lowest BCUT2D eigenvalue weighted by atomic mass is 9.93. The Morgan fingerprint density at radius 3 is 2.71 bits per heavy atom. The first-order valence-electron chi connectivity index (χ1n) is 6.31. The molecule has 0 amide bonds. The normalized spacial score (nSPS) is 36.6. The number of likely N-dealkylation sites (tertiary alicyclic amines) is 1. The summed E-state index contributed by atoms with van der Waals surface area (Å²) < 4.78 is 0. The topological polar surface area (TPSA) is 15.3 Å². The maximum Gasteiger partial charge on any atom is 0.0246 e. The van der Waals surface area contributed by atoms with E-state index in [9.17, 15) is 0 Å². The Labute approximate surface area is 88.1 Å². The van der Waals surface area contributed by atoms with Gasteiger partial charge in [0.25, 0.3) is 0 Å². The third kappa shape index (κ3) is 2.48. The predicted molar refractivity (Wildman–Crippen MR) is 60.5 cm³/mol. The standard InChI is InChI=1S/C12H24N2/c1-14-10-6-4-8-12(14)11-7-3-2-5-9-13-11/h11-13H,2-10H2,1H3/t11-,12-/m1/s1. The summed E-state index contributed by atoms with van der Waals surface area (Å²) in [5.74, 6) is 0. The molecule has 2 heteroatoms. The number of hydrogen-bond donors (Lipinski definition) is 1. The molecule has 0 radical (unpaired) electrons. The van der Waals surface area contributed by atoms with E-state index in [-0.39, 0.29) is 0 Å².